The molecule has 6 unspecified atom stereocenters. The van der Waals surface area contributed by atoms with Crippen molar-refractivity contribution in [3.63, 3.8) is 0 Å². The maximum Gasteiger partial charge on any atom is 0.328 e. The highest BCUT2D eigenvalue weighted by molar-refractivity contribution is 5.94. The zero-order chi connectivity index (χ0) is 22.3. The number of nitrogens with two attached hydrogens (primary N) is 1. The third kappa shape index (κ3) is 6.38. The summed E-state index contributed by atoms with van der Waals surface area (Å²) >= 11 is 0. The summed E-state index contributed by atoms with van der Waals surface area (Å²) in [6.45, 7) is 4.54. The third-order valence-electron chi connectivity index (χ3n) is 5.19. The average molecular weight is 416 g/mol. The van der Waals surface area contributed by atoms with Gasteiger partial charge in [0, 0.05) is 6.54 Å². The summed E-state index contributed by atoms with van der Waals surface area (Å²) in [6, 6.07) is -4.51. The first-order chi connectivity index (χ1) is 13.5. The number of carbonyl (C=O) groups is 4. The third-order valence-corrected chi connectivity index (χ3v) is 5.19. The highest BCUT2D eigenvalue weighted by Crippen LogP contribution is 2.19. The van der Waals surface area contributed by atoms with E-state index in [-0.39, 0.29) is 5.92 Å². The molecule has 0 spiro atoms. The molecule has 11 nitrogen and oxygen atoms in total. The highest BCUT2D eigenvalue weighted by atomic mass is 16.4. The van der Waals surface area contributed by atoms with Crippen molar-refractivity contribution in [3.8, 4) is 0 Å². The zero-order valence-electron chi connectivity index (χ0n) is 17.0. The van der Waals surface area contributed by atoms with Crippen LogP contribution in [0.4, 0.5) is 0 Å². The van der Waals surface area contributed by atoms with Crippen molar-refractivity contribution in [1.82, 2.24) is 15.5 Å². The fourth-order valence-corrected chi connectivity index (χ4v) is 3.18. The van der Waals surface area contributed by atoms with E-state index in [1.165, 1.54) is 11.8 Å². The summed E-state index contributed by atoms with van der Waals surface area (Å²) in [4.78, 5) is 50.3. The van der Waals surface area contributed by atoms with Gasteiger partial charge in [0.15, 0.2) is 6.04 Å². The van der Waals surface area contributed by atoms with Gasteiger partial charge >= 0.3 is 5.97 Å². The van der Waals surface area contributed by atoms with Gasteiger partial charge in [0.25, 0.3) is 0 Å². The minimum absolute atomic E-state index is 0.313. The predicted molar refractivity (Wildman–Crippen MR) is 102 cm³/mol. The van der Waals surface area contributed by atoms with Crippen LogP contribution in [0.5, 0.6) is 0 Å². The minimum Gasteiger partial charge on any atom is -0.480 e. The standard InChI is InChI=1S/C18H32N4O7/c1-4-9(2)13(16(26)21-14(10(3)24)18(28)29)20-15(25)12-6-5-7-22(12)17(27)11(19)8-23/h9-14,23-24H,4-8,19H2,1-3H3,(H,20,25)(H,21,26)(H,28,29). The molecule has 0 saturated carbocycles. The first kappa shape index (κ1) is 24.8. The van der Waals surface area contributed by atoms with Gasteiger partial charge in [0.05, 0.1) is 12.7 Å². The quantitative estimate of drug-likeness (QED) is 0.231. The molecule has 0 aliphatic carbocycles. The van der Waals surface area contributed by atoms with Gasteiger partial charge < -0.3 is 36.6 Å². The average Bonchev–Trinajstić information content (AvgIpc) is 3.17. The van der Waals surface area contributed by atoms with Crippen LogP contribution in [0.3, 0.4) is 0 Å². The molecule has 7 N–H and O–H groups in total. The van der Waals surface area contributed by atoms with Crippen LogP contribution in [-0.2, 0) is 19.2 Å². The van der Waals surface area contributed by atoms with E-state index in [4.69, 9.17) is 15.9 Å². The second kappa shape index (κ2) is 11.1. The number of likely N-dealkylation sites (tertiary alicyclic amines) is 1. The molecule has 1 heterocycles. The molecule has 1 saturated heterocycles. The van der Waals surface area contributed by atoms with Gasteiger partial charge in [0.1, 0.15) is 18.1 Å². The number of aliphatic hydroxyl groups excluding tert-OH is 2. The fraction of sp³-hybridized carbons (Fsp3) is 0.778. The molecule has 1 aliphatic heterocycles. The smallest absolute Gasteiger partial charge is 0.328 e. The largest absolute Gasteiger partial charge is 0.480 e. The second-order valence-electron chi connectivity index (χ2n) is 7.42. The van der Waals surface area contributed by atoms with Crippen LogP contribution in [0.15, 0.2) is 0 Å². The van der Waals surface area contributed by atoms with Gasteiger partial charge in [-0.2, -0.15) is 0 Å². The van der Waals surface area contributed by atoms with Crippen LogP contribution < -0.4 is 16.4 Å². The molecule has 0 radical (unpaired) electrons. The lowest BCUT2D eigenvalue weighted by Crippen LogP contribution is -2.59. The molecule has 1 rings (SSSR count). The molecule has 1 aliphatic rings. The number of hydrogen-bond donors (Lipinski definition) is 6. The number of rotatable bonds is 10. The van der Waals surface area contributed by atoms with Gasteiger partial charge in [0.2, 0.25) is 17.7 Å². The molecule has 6 atom stereocenters. The zero-order valence-corrected chi connectivity index (χ0v) is 17.0. The summed E-state index contributed by atoms with van der Waals surface area (Å²) < 4.78 is 0. The van der Waals surface area contributed by atoms with Crippen molar-refractivity contribution in [1.29, 1.82) is 0 Å². The van der Waals surface area contributed by atoms with E-state index in [2.05, 4.69) is 10.6 Å². The van der Waals surface area contributed by atoms with Crippen LogP contribution in [0.2, 0.25) is 0 Å². The highest BCUT2D eigenvalue weighted by Gasteiger charge is 2.39. The molecule has 11 heteroatoms. The lowest BCUT2D eigenvalue weighted by atomic mass is 9.97. The lowest BCUT2D eigenvalue weighted by Gasteiger charge is -2.30. The van der Waals surface area contributed by atoms with Crippen molar-refractivity contribution >= 4 is 23.7 Å². The number of hydrogen-bond acceptors (Lipinski definition) is 7. The minimum atomic E-state index is -1.52. The molecule has 3 amide bonds. The summed E-state index contributed by atoms with van der Waals surface area (Å²) in [5.74, 6) is -3.55. The van der Waals surface area contributed by atoms with Crippen molar-refractivity contribution in [2.24, 2.45) is 11.7 Å². The summed E-state index contributed by atoms with van der Waals surface area (Å²) in [5, 5.41) is 32.7. The number of nitrogens with zero attached hydrogens (tertiary/aromatic N) is 1. The molecule has 0 bridgehead atoms. The summed E-state index contributed by atoms with van der Waals surface area (Å²) in [6.07, 6.45) is 0.155. The van der Waals surface area contributed by atoms with E-state index in [0.717, 1.165) is 0 Å². The van der Waals surface area contributed by atoms with Crippen LogP contribution >= 0.6 is 0 Å². The van der Waals surface area contributed by atoms with Crippen molar-refractivity contribution in [3.05, 3.63) is 0 Å². The Morgan fingerprint density at radius 2 is 1.79 bits per heavy atom. The van der Waals surface area contributed by atoms with Crippen LogP contribution in [0.25, 0.3) is 0 Å². The summed E-state index contributed by atoms with van der Waals surface area (Å²) in [5.41, 5.74) is 5.57. The Morgan fingerprint density at radius 1 is 1.17 bits per heavy atom. The van der Waals surface area contributed by atoms with Crippen molar-refractivity contribution < 1.29 is 34.5 Å². The Labute approximate surface area is 169 Å². The Kier molecular flexibility index (Phi) is 9.47. The Balaban J connectivity index is 2.94. The number of nitrogens with one attached hydrogen (secondary N) is 2. The molecule has 0 aromatic heterocycles. The van der Waals surface area contributed by atoms with Crippen LogP contribution in [0.1, 0.15) is 40.0 Å². The van der Waals surface area contributed by atoms with Crippen LogP contribution in [-0.4, -0.2) is 87.3 Å². The Bertz CT molecular complexity index is 613. The van der Waals surface area contributed by atoms with Gasteiger partial charge in [-0.05, 0) is 25.7 Å². The van der Waals surface area contributed by atoms with E-state index in [0.29, 0.717) is 25.8 Å². The van der Waals surface area contributed by atoms with E-state index >= 15 is 0 Å². The monoisotopic (exact) mass is 416 g/mol. The van der Waals surface area contributed by atoms with E-state index in [9.17, 15) is 24.3 Å². The normalized spacial score (nSPS) is 21.6. The number of aliphatic hydroxyl groups is 2. The number of aliphatic carboxylic acids is 1. The van der Waals surface area contributed by atoms with E-state index in [1.54, 1.807) is 6.92 Å². The molecular formula is C18H32N4O7. The number of amides is 3. The van der Waals surface area contributed by atoms with Gasteiger partial charge in [-0.15, -0.1) is 0 Å². The molecule has 166 valence electrons. The lowest BCUT2D eigenvalue weighted by molar-refractivity contribution is -0.146. The molecule has 1 fully saturated rings. The first-order valence-corrected chi connectivity index (χ1v) is 9.73. The van der Waals surface area contributed by atoms with Gasteiger partial charge in [-0.25, -0.2) is 4.79 Å². The Morgan fingerprint density at radius 3 is 2.28 bits per heavy atom. The SMILES string of the molecule is CCC(C)C(NC(=O)C1CCCN1C(=O)C(N)CO)C(=O)NC(C(=O)O)C(C)O. The van der Waals surface area contributed by atoms with Crippen molar-refractivity contribution in [2.45, 2.75) is 70.3 Å². The fourth-order valence-electron chi connectivity index (χ4n) is 3.18. The molecule has 0 aromatic carbocycles. The van der Waals surface area contributed by atoms with E-state index < -0.39 is 60.6 Å². The van der Waals surface area contributed by atoms with Gasteiger partial charge in [-0.1, -0.05) is 20.3 Å². The summed E-state index contributed by atoms with van der Waals surface area (Å²) in [7, 11) is 0. The predicted octanol–water partition coefficient (Wildman–Crippen LogP) is -2.22. The van der Waals surface area contributed by atoms with Crippen LogP contribution in [0, 0.1) is 5.92 Å². The Hall–Kier alpha value is -2.24. The second-order valence-corrected chi connectivity index (χ2v) is 7.42. The number of carboxylic acids is 1. The molecule has 29 heavy (non-hydrogen) atoms. The number of carboxylic acid groups (broad SMARTS) is 1. The maximum atomic E-state index is 12.8. The molecule has 0 aromatic rings. The maximum absolute atomic E-state index is 12.8. The van der Waals surface area contributed by atoms with E-state index in [1.807, 2.05) is 6.92 Å². The number of carbonyl (C=O) groups excluding carboxylic acids is 3. The van der Waals surface area contributed by atoms with Crippen molar-refractivity contribution in [2.75, 3.05) is 13.2 Å². The first-order valence-electron chi connectivity index (χ1n) is 9.73. The van der Waals surface area contributed by atoms with Gasteiger partial charge in [-0.3, -0.25) is 14.4 Å². The topological polar surface area (TPSA) is 182 Å². The molecular weight excluding hydrogens is 384 g/mol.